The van der Waals surface area contributed by atoms with Crippen molar-refractivity contribution in [2.75, 3.05) is 11.4 Å². The molecular weight excluding hydrogens is 308 g/mol. The van der Waals surface area contributed by atoms with Crippen LogP contribution in [0, 0.1) is 0 Å². The van der Waals surface area contributed by atoms with Crippen LogP contribution in [-0.2, 0) is 0 Å². The van der Waals surface area contributed by atoms with Crippen LogP contribution in [0.3, 0.4) is 0 Å². The number of hydrogen-bond acceptors (Lipinski definition) is 1. The number of nitrogens with one attached hydrogen (secondary N) is 1. The zero-order chi connectivity index (χ0) is 16.5. The number of benzene rings is 2. The van der Waals surface area contributed by atoms with Crippen molar-refractivity contribution < 1.29 is 4.79 Å². The molecule has 0 aliphatic rings. The molecule has 2 amide bonds. The van der Waals surface area contributed by atoms with Crippen molar-refractivity contribution in [1.82, 2.24) is 5.32 Å². The molecule has 4 heteroatoms. The normalized spacial score (nSPS) is 10.3. The lowest BCUT2D eigenvalue weighted by molar-refractivity contribution is 0.248. The van der Waals surface area contributed by atoms with Crippen molar-refractivity contribution in [1.29, 1.82) is 0 Å². The number of anilines is 2. The van der Waals surface area contributed by atoms with Gasteiger partial charge in [0.05, 0.1) is 11.4 Å². The summed E-state index contributed by atoms with van der Waals surface area (Å²) in [7, 11) is 0. The first-order valence-corrected chi connectivity index (χ1v) is 8.48. The lowest BCUT2D eigenvalue weighted by Crippen LogP contribution is -2.37. The van der Waals surface area contributed by atoms with Gasteiger partial charge in [0.2, 0.25) is 0 Å². The zero-order valence-electron chi connectivity index (χ0n) is 13.5. The molecule has 0 aromatic heterocycles. The minimum Gasteiger partial charge on any atom is -0.337 e. The number of para-hydroxylation sites is 1. The van der Waals surface area contributed by atoms with Gasteiger partial charge in [-0.3, -0.25) is 4.90 Å². The maximum atomic E-state index is 12.7. The van der Waals surface area contributed by atoms with Crippen LogP contribution in [0.2, 0.25) is 5.02 Å². The number of carbonyl (C=O) groups is 1. The van der Waals surface area contributed by atoms with Crippen LogP contribution >= 0.6 is 11.6 Å². The summed E-state index contributed by atoms with van der Waals surface area (Å²) in [4.78, 5) is 14.3. The third-order valence-corrected chi connectivity index (χ3v) is 3.83. The summed E-state index contributed by atoms with van der Waals surface area (Å²) >= 11 is 6.08. The van der Waals surface area contributed by atoms with E-state index in [1.165, 1.54) is 12.8 Å². The van der Waals surface area contributed by atoms with Crippen molar-refractivity contribution in [3.05, 3.63) is 59.6 Å². The molecule has 0 unspecified atom stereocenters. The molecule has 0 saturated heterocycles. The summed E-state index contributed by atoms with van der Waals surface area (Å²) in [6.45, 7) is 2.86. The molecule has 2 aromatic rings. The van der Waals surface area contributed by atoms with E-state index in [4.69, 9.17) is 11.6 Å². The van der Waals surface area contributed by atoms with Gasteiger partial charge in [-0.1, -0.05) is 62.1 Å². The Morgan fingerprint density at radius 2 is 1.74 bits per heavy atom. The number of rotatable bonds is 7. The number of nitrogens with zero attached hydrogens (tertiary/aromatic N) is 1. The van der Waals surface area contributed by atoms with Gasteiger partial charge in [-0.05, 0) is 36.8 Å². The monoisotopic (exact) mass is 330 g/mol. The highest BCUT2D eigenvalue weighted by Crippen LogP contribution is 2.27. The van der Waals surface area contributed by atoms with E-state index in [0.29, 0.717) is 11.6 Å². The van der Waals surface area contributed by atoms with Gasteiger partial charge < -0.3 is 5.32 Å². The second-order valence-corrected chi connectivity index (χ2v) is 5.88. The van der Waals surface area contributed by atoms with Gasteiger partial charge in [-0.2, -0.15) is 0 Å². The van der Waals surface area contributed by atoms with Crippen LogP contribution in [0.25, 0.3) is 0 Å². The third-order valence-electron chi connectivity index (χ3n) is 3.59. The highest BCUT2D eigenvalue weighted by atomic mass is 35.5. The van der Waals surface area contributed by atoms with E-state index >= 15 is 0 Å². The van der Waals surface area contributed by atoms with Crippen LogP contribution < -0.4 is 10.2 Å². The third kappa shape index (κ3) is 5.29. The number of halogens is 1. The summed E-state index contributed by atoms with van der Waals surface area (Å²) in [6, 6.07) is 16.8. The van der Waals surface area contributed by atoms with E-state index in [-0.39, 0.29) is 6.03 Å². The van der Waals surface area contributed by atoms with E-state index in [0.717, 1.165) is 24.2 Å². The molecule has 122 valence electrons. The van der Waals surface area contributed by atoms with Crippen LogP contribution in [-0.4, -0.2) is 12.6 Å². The van der Waals surface area contributed by atoms with Gasteiger partial charge in [0.25, 0.3) is 0 Å². The molecule has 0 saturated carbocycles. The largest absolute Gasteiger partial charge is 0.337 e. The van der Waals surface area contributed by atoms with Gasteiger partial charge in [0, 0.05) is 11.6 Å². The van der Waals surface area contributed by atoms with Gasteiger partial charge >= 0.3 is 6.03 Å². The maximum absolute atomic E-state index is 12.7. The molecule has 2 aromatic carbocycles. The fourth-order valence-electron chi connectivity index (χ4n) is 2.40. The molecule has 0 fully saturated rings. The molecule has 0 bridgehead atoms. The Kier molecular flexibility index (Phi) is 6.95. The molecule has 2 rings (SSSR count). The van der Waals surface area contributed by atoms with E-state index in [9.17, 15) is 4.79 Å². The Hall–Kier alpha value is -2.00. The predicted octanol–water partition coefficient (Wildman–Crippen LogP) is 5.77. The first-order valence-electron chi connectivity index (χ1n) is 8.11. The summed E-state index contributed by atoms with van der Waals surface area (Å²) in [5.74, 6) is 0. The minimum absolute atomic E-state index is 0.130. The highest BCUT2D eigenvalue weighted by molar-refractivity contribution is 6.31. The van der Waals surface area contributed by atoms with E-state index in [1.807, 2.05) is 42.5 Å². The fourth-order valence-corrected chi connectivity index (χ4v) is 2.59. The average Bonchev–Trinajstić information content (AvgIpc) is 2.56. The Bertz CT molecular complexity index is 616. The smallest absolute Gasteiger partial charge is 0.326 e. The summed E-state index contributed by atoms with van der Waals surface area (Å²) in [6.07, 6.45) is 4.52. The average molecular weight is 331 g/mol. The molecular formula is C19H23ClN2O. The Morgan fingerprint density at radius 1 is 1.00 bits per heavy atom. The van der Waals surface area contributed by atoms with Gasteiger partial charge in [-0.15, -0.1) is 0 Å². The number of amides is 2. The number of urea groups is 1. The molecule has 0 aliphatic heterocycles. The molecule has 0 atom stereocenters. The van der Waals surface area contributed by atoms with Crippen molar-refractivity contribution in [3.63, 3.8) is 0 Å². The second-order valence-electron chi connectivity index (χ2n) is 5.44. The molecule has 0 radical (unpaired) electrons. The Balaban J connectivity index is 2.12. The first-order chi connectivity index (χ1) is 11.2. The lowest BCUT2D eigenvalue weighted by Gasteiger charge is -2.23. The van der Waals surface area contributed by atoms with Gasteiger partial charge in [0.1, 0.15) is 0 Å². The van der Waals surface area contributed by atoms with E-state index in [1.54, 1.807) is 17.0 Å². The number of carbonyl (C=O) groups excluding carboxylic acids is 1. The summed E-state index contributed by atoms with van der Waals surface area (Å²) < 4.78 is 0. The first kappa shape index (κ1) is 17.4. The van der Waals surface area contributed by atoms with Crippen molar-refractivity contribution >= 4 is 29.0 Å². The maximum Gasteiger partial charge on any atom is 0.326 e. The van der Waals surface area contributed by atoms with E-state index in [2.05, 4.69) is 12.2 Å². The van der Waals surface area contributed by atoms with E-state index < -0.39 is 0 Å². The van der Waals surface area contributed by atoms with Crippen LogP contribution in [0.5, 0.6) is 0 Å². The highest BCUT2D eigenvalue weighted by Gasteiger charge is 2.17. The minimum atomic E-state index is -0.130. The molecule has 0 spiro atoms. The standard InChI is InChI=1S/C19H23ClN2O/c1-2-3-4-8-14-21-19(23)22(17-11-6-5-7-12-17)18-13-9-10-16(20)15-18/h5-7,9-13,15H,2-4,8,14H2,1H3,(H,21,23). The van der Waals surface area contributed by atoms with Crippen LogP contribution in [0.1, 0.15) is 32.6 Å². The van der Waals surface area contributed by atoms with Crippen LogP contribution in [0.4, 0.5) is 16.2 Å². The molecule has 1 N–H and O–H groups in total. The SMILES string of the molecule is CCCCCCNC(=O)N(c1ccccc1)c1cccc(Cl)c1. The van der Waals surface area contributed by atoms with Crippen molar-refractivity contribution in [3.8, 4) is 0 Å². The van der Waals surface area contributed by atoms with Crippen molar-refractivity contribution in [2.45, 2.75) is 32.6 Å². The molecule has 0 aliphatic carbocycles. The zero-order valence-corrected chi connectivity index (χ0v) is 14.2. The Morgan fingerprint density at radius 3 is 2.43 bits per heavy atom. The lowest BCUT2D eigenvalue weighted by atomic mass is 10.2. The van der Waals surface area contributed by atoms with Crippen molar-refractivity contribution in [2.24, 2.45) is 0 Å². The number of hydrogen-bond donors (Lipinski definition) is 1. The van der Waals surface area contributed by atoms with Crippen LogP contribution in [0.15, 0.2) is 54.6 Å². The Labute approximate surface area is 143 Å². The molecule has 0 heterocycles. The predicted molar refractivity (Wildman–Crippen MR) is 97.6 cm³/mol. The van der Waals surface area contributed by atoms with Gasteiger partial charge in [0.15, 0.2) is 0 Å². The summed E-state index contributed by atoms with van der Waals surface area (Å²) in [5.41, 5.74) is 1.58. The summed E-state index contributed by atoms with van der Waals surface area (Å²) in [5, 5.41) is 3.61. The van der Waals surface area contributed by atoms with Gasteiger partial charge in [-0.25, -0.2) is 4.79 Å². The quantitative estimate of drug-likeness (QED) is 0.642. The fraction of sp³-hybridized carbons (Fsp3) is 0.316. The topological polar surface area (TPSA) is 32.3 Å². The number of unbranched alkanes of at least 4 members (excludes halogenated alkanes) is 3. The molecule has 3 nitrogen and oxygen atoms in total. The second kappa shape index (κ2) is 9.21. The molecule has 23 heavy (non-hydrogen) atoms.